The standard InChI is InChI=1S/C20H31N3O3/c1-15(12-22-7-4-5-8-22)21-20(24)14-23-9-6-16-10-18(25-2)19(26-3)11-17(16)13-23/h10-11,15H,4-9,12-14H2,1-3H3,(H,21,24). The van der Waals surface area contributed by atoms with E-state index in [1.807, 2.05) is 6.07 Å². The second-order valence-corrected chi connectivity index (χ2v) is 7.41. The van der Waals surface area contributed by atoms with Crippen molar-refractivity contribution in [2.45, 2.75) is 38.8 Å². The Morgan fingerprint density at radius 3 is 2.38 bits per heavy atom. The Morgan fingerprint density at radius 1 is 1.08 bits per heavy atom. The zero-order valence-corrected chi connectivity index (χ0v) is 16.2. The van der Waals surface area contributed by atoms with Gasteiger partial charge in [0, 0.05) is 25.7 Å². The van der Waals surface area contributed by atoms with Crippen LogP contribution in [0.5, 0.6) is 11.5 Å². The SMILES string of the molecule is COc1cc2c(cc1OC)CN(CC(=O)NC(C)CN1CCCC1)CC2. The summed E-state index contributed by atoms with van der Waals surface area (Å²) in [5.74, 6) is 1.63. The molecule has 2 aliphatic rings. The predicted octanol–water partition coefficient (Wildman–Crippen LogP) is 1.66. The van der Waals surface area contributed by atoms with Crippen molar-refractivity contribution < 1.29 is 14.3 Å². The fraction of sp³-hybridized carbons (Fsp3) is 0.650. The molecule has 2 heterocycles. The summed E-state index contributed by atoms with van der Waals surface area (Å²) in [6, 6.07) is 4.29. The molecule has 0 radical (unpaired) electrons. The van der Waals surface area contributed by atoms with Crippen LogP contribution in [0.4, 0.5) is 0 Å². The van der Waals surface area contributed by atoms with Crippen molar-refractivity contribution in [2.75, 3.05) is 46.9 Å². The lowest BCUT2D eigenvalue weighted by Gasteiger charge is -2.29. The third-order valence-corrected chi connectivity index (χ3v) is 5.30. The third-order valence-electron chi connectivity index (χ3n) is 5.30. The van der Waals surface area contributed by atoms with Crippen LogP contribution in [0.1, 0.15) is 30.9 Å². The number of fused-ring (bicyclic) bond motifs is 1. The molecule has 1 atom stereocenters. The van der Waals surface area contributed by atoms with Crippen LogP contribution in [-0.2, 0) is 17.8 Å². The molecule has 1 saturated heterocycles. The zero-order chi connectivity index (χ0) is 18.5. The molecule has 0 bridgehead atoms. The molecule has 1 unspecified atom stereocenters. The van der Waals surface area contributed by atoms with Crippen LogP contribution in [-0.4, -0.2) is 68.7 Å². The molecule has 0 spiro atoms. The number of nitrogens with zero attached hydrogens (tertiary/aromatic N) is 2. The molecule has 6 heteroatoms. The number of rotatable bonds is 7. The van der Waals surface area contributed by atoms with Crippen molar-refractivity contribution >= 4 is 5.91 Å². The molecule has 0 aliphatic carbocycles. The van der Waals surface area contributed by atoms with Gasteiger partial charge in [0.15, 0.2) is 11.5 Å². The average molecular weight is 361 g/mol. The second-order valence-electron chi connectivity index (χ2n) is 7.41. The highest BCUT2D eigenvalue weighted by Crippen LogP contribution is 2.33. The molecule has 144 valence electrons. The Labute approximate surface area is 156 Å². The lowest BCUT2D eigenvalue weighted by molar-refractivity contribution is -0.123. The van der Waals surface area contributed by atoms with E-state index < -0.39 is 0 Å². The van der Waals surface area contributed by atoms with Crippen molar-refractivity contribution in [3.05, 3.63) is 23.3 Å². The quantitative estimate of drug-likeness (QED) is 0.801. The Hall–Kier alpha value is -1.79. The van der Waals surface area contributed by atoms with Crippen LogP contribution in [0.2, 0.25) is 0 Å². The maximum Gasteiger partial charge on any atom is 0.234 e. The van der Waals surface area contributed by atoms with Gasteiger partial charge in [-0.25, -0.2) is 0 Å². The fourth-order valence-electron chi connectivity index (χ4n) is 4.00. The van der Waals surface area contributed by atoms with Crippen molar-refractivity contribution in [3.8, 4) is 11.5 Å². The van der Waals surface area contributed by atoms with Crippen molar-refractivity contribution in [1.29, 1.82) is 0 Å². The summed E-state index contributed by atoms with van der Waals surface area (Å²) < 4.78 is 10.8. The molecule has 1 aromatic rings. The first-order chi connectivity index (χ1) is 12.6. The first-order valence-electron chi connectivity index (χ1n) is 9.57. The minimum Gasteiger partial charge on any atom is -0.493 e. The van der Waals surface area contributed by atoms with Gasteiger partial charge in [0.2, 0.25) is 5.91 Å². The number of carbonyl (C=O) groups excluding carboxylic acids is 1. The fourth-order valence-corrected chi connectivity index (χ4v) is 4.00. The first-order valence-corrected chi connectivity index (χ1v) is 9.57. The van der Waals surface area contributed by atoms with E-state index in [1.54, 1.807) is 14.2 Å². The largest absolute Gasteiger partial charge is 0.493 e. The number of likely N-dealkylation sites (tertiary alicyclic amines) is 1. The van der Waals surface area contributed by atoms with Crippen LogP contribution in [0.3, 0.4) is 0 Å². The highest BCUT2D eigenvalue weighted by atomic mass is 16.5. The van der Waals surface area contributed by atoms with Crippen LogP contribution in [0, 0.1) is 0 Å². The van der Waals surface area contributed by atoms with E-state index in [9.17, 15) is 4.79 Å². The molecular formula is C20H31N3O3. The highest BCUT2D eigenvalue weighted by Gasteiger charge is 2.22. The summed E-state index contributed by atoms with van der Waals surface area (Å²) in [4.78, 5) is 17.0. The molecule has 2 aliphatic heterocycles. The van der Waals surface area contributed by atoms with Crippen molar-refractivity contribution in [1.82, 2.24) is 15.1 Å². The molecular weight excluding hydrogens is 330 g/mol. The molecule has 3 rings (SSSR count). The van der Waals surface area contributed by atoms with E-state index in [2.05, 4.69) is 28.1 Å². The van der Waals surface area contributed by atoms with Crippen molar-refractivity contribution in [3.63, 3.8) is 0 Å². The monoisotopic (exact) mass is 361 g/mol. The predicted molar refractivity (Wildman–Crippen MR) is 102 cm³/mol. The summed E-state index contributed by atoms with van der Waals surface area (Å²) in [5, 5.41) is 3.15. The lowest BCUT2D eigenvalue weighted by Crippen LogP contribution is -2.46. The van der Waals surface area contributed by atoms with Crippen LogP contribution in [0.25, 0.3) is 0 Å². The molecule has 0 aromatic heterocycles. The van der Waals surface area contributed by atoms with Gasteiger partial charge < -0.3 is 19.7 Å². The molecule has 1 N–H and O–H groups in total. The molecule has 1 fully saturated rings. The van der Waals surface area contributed by atoms with Gasteiger partial charge in [-0.05, 0) is 62.5 Å². The van der Waals surface area contributed by atoms with E-state index in [1.165, 1.54) is 24.0 Å². The van der Waals surface area contributed by atoms with Gasteiger partial charge in [-0.2, -0.15) is 0 Å². The number of hydrogen-bond acceptors (Lipinski definition) is 5. The topological polar surface area (TPSA) is 54.0 Å². The maximum absolute atomic E-state index is 12.4. The van der Waals surface area contributed by atoms with Gasteiger partial charge in [-0.3, -0.25) is 9.69 Å². The van der Waals surface area contributed by atoms with E-state index in [0.717, 1.165) is 50.6 Å². The van der Waals surface area contributed by atoms with Gasteiger partial charge in [0.05, 0.1) is 20.8 Å². The molecule has 1 amide bonds. The minimum atomic E-state index is 0.112. The highest BCUT2D eigenvalue weighted by molar-refractivity contribution is 5.78. The Morgan fingerprint density at radius 2 is 1.73 bits per heavy atom. The second kappa shape index (κ2) is 8.73. The van der Waals surface area contributed by atoms with Crippen LogP contribution >= 0.6 is 0 Å². The van der Waals surface area contributed by atoms with E-state index in [0.29, 0.717) is 6.54 Å². The summed E-state index contributed by atoms with van der Waals surface area (Å²) in [6.45, 7) is 7.46. The molecule has 26 heavy (non-hydrogen) atoms. The van der Waals surface area contributed by atoms with Gasteiger partial charge in [0.25, 0.3) is 0 Å². The lowest BCUT2D eigenvalue weighted by atomic mass is 9.99. The van der Waals surface area contributed by atoms with E-state index in [4.69, 9.17) is 9.47 Å². The molecule has 6 nitrogen and oxygen atoms in total. The van der Waals surface area contributed by atoms with Gasteiger partial charge in [-0.15, -0.1) is 0 Å². The maximum atomic E-state index is 12.4. The average Bonchev–Trinajstić information content (AvgIpc) is 3.12. The summed E-state index contributed by atoms with van der Waals surface area (Å²) in [6.07, 6.45) is 3.48. The third kappa shape index (κ3) is 4.68. The number of methoxy groups -OCH3 is 2. The normalized spacial score (nSPS) is 19.0. The molecule has 0 saturated carbocycles. The smallest absolute Gasteiger partial charge is 0.234 e. The Bertz CT molecular complexity index is 629. The summed E-state index contributed by atoms with van der Waals surface area (Å²) >= 11 is 0. The summed E-state index contributed by atoms with van der Waals surface area (Å²) in [5.41, 5.74) is 2.49. The van der Waals surface area contributed by atoms with Crippen LogP contribution < -0.4 is 14.8 Å². The van der Waals surface area contributed by atoms with Gasteiger partial charge in [-0.1, -0.05) is 0 Å². The zero-order valence-electron chi connectivity index (χ0n) is 16.2. The van der Waals surface area contributed by atoms with E-state index in [-0.39, 0.29) is 11.9 Å². The van der Waals surface area contributed by atoms with Gasteiger partial charge in [0.1, 0.15) is 0 Å². The number of amides is 1. The van der Waals surface area contributed by atoms with Crippen molar-refractivity contribution in [2.24, 2.45) is 0 Å². The van der Waals surface area contributed by atoms with Gasteiger partial charge >= 0.3 is 0 Å². The number of carbonyl (C=O) groups is 1. The number of ether oxygens (including phenoxy) is 2. The summed E-state index contributed by atoms with van der Waals surface area (Å²) in [7, 11) is 3.31. The van der Waals surface area contributed by atoms with Crippen LogP contribution in [0.15, 0.2) is 12.1 Å². The number of benzene rings is 1. The Kier molecular flexibility index (Phi) is 6.38. The number of nitrogens with one attached hydrogen (secondary N) is 1. The van der Waals surface area contributed by atoms with E-state index >= 15 is 0 Å². The molecule has 1 aromatic carbocycles. The first kappa shape index (κ1) is 19.0. The Balaban J connectivity index is 1.52. The number of hydrogen-bond donors (Lipinski definition) is 1. The minimum absolute atomic E-state index is 0.112.